The molecule has 0 saturated heterocycles. The van der Waals surface area contributed by atoms with E-state index in [1.807, 2.05) is 60.8 Å². The molecule has 4 rings (SSSR count). The van der Waals surface area contributed by atoms with Crippen LogP contribution in [0.25, 0.3) is 0 Å². The molecule has 2 aromatic carbocycles. The van der Waals surface area contributed by atoms with Crippen molar-refractivity contribution < 1.29 is 14.3 Å². The Morgan fingerprint density at radius 2 is 1.97 bits per heavy atom. The number of rotatable bonds is 4. The molecule has 30 heavy (non-hydrogen) atoms. The van der Waals surface area contributed by atoms with Crippen LogP contribution in [0, 0.1) is 5.92 Å². The topological polar surface area (TPSA) is 78.3 Å². The van der Waals surface area contributed by atoms with E-state index in [2.05, 4.69) is 15.6 Å². The number of hydrogen-bond acceptors (Lipinski definition) is 5. The van der Waals surface area contributed by atoms with Crippen LogP contribution >= 0.6 is 0 Å². The molecule has 0 unspecified atom stereocenters. The minimum absolute atomic E-state index is 0.0178. The number of amides is 1. The minimum Gasteiger partial charge on any atom is -0.497 e. The van der Waals surface area contributed by atoms with Gasteiger partial charge in [0.1, 0.15) is 11.4 Å². The number of carbonyl (C=O) groups is 1. The highest BCUT2D eigenvalue weighted by Gasteiger charge is 2.24. The molecule has 0 spiro atoms. The zero-order valence-electron chi connectivity index (χ0n) is 17.0. The van der Waals surface area contributed by atoms with Gasteiger partial charge < -0.3 is 14.8 Å². The Labute approximate surface area is 176 Å². The third kappa shape index (κ3) is 5.04. The van der Waals surface area contributed by atoms with Crippen LogP contribution in [-0.2, 0) is 29.1 Å². The number of nitrogens with zero attached hydrogens (tertiary/aromatic N) is 3. The van der Waals surface area contributed by atoms with Crippen molar-refractivity contribution in [2.24, 2.45) is 5.92 Å². The van der Waals surface area contributed by atoms with Gasteiger partial charge in [-0.15, -0.1) is 5.10 Å². The molecule has 7 heteroatoms. The highest BCUT2D eigenvalue weighted by atomic mass is 16.5. The second-order valence-electron chi connectivity index (χ2n) is 7.50. The Morgan fingerprint density at radius 3 is 2.73 bits per heavy atom. The molecule has 0 radical (unpaired) electrons. The maximum Gasteiger partial charge on any atom is 0.224 e. The highest BCUT2D eigenvalue weighted by Crippen LogP contribution is 2.21. The summed E-state index contributed by atoms with van der Waals surface area (Å²) >= 11 is 0. The summed E-state index contributed by atoms with van der Waals surface area (Å²) in [7, 11) is 1.65. The maximum atomic E-state index is 13.3. The molecule has 0 saturated carbocycles. The summed E-state index contributed by atoms with van der Waals surface area (Å²) in [6.07, 6.45) is 3.20. The second kappa shape index (κ2) is 9.54. The number of fused-ring (bicyclic) bond motifs is 2. The van der Waals surface area contributed by atoms with Crippen molar-refractivity contribution in [3.63, 3.8) is 0 Å². The van der Waals surface area contributed by atoms with Crippen LogP contribution in [0.15, 0.2) is 60.8 Å². The van der Waals surface area contributed by atoms with Crippen LogP contribution in [0.3, 0.4) is 0 Å². The van der Waals surface area contributed by atoms with Crippen molar-refractivity contribution in [3.8, 4) is 5.75 Å². The predicted octanol–water partition coefficient (Wildman–Crippen LogP) is 2.92. The molecule has 1 aliphatic heterocycles. The first-order valence-electron chi connectivity index (χ1n) is 10.2. The molecule has 1 aromatic heterocycles. The molecule has 3 aromatic rings. The number of aromatic nitrogens is 3. The molecule has 0 fully saturated rings. The number of nitrogens with one attached hydrogen (secondary N) is 1. The summed E-state index contributed by atoms with van der Waals surface area (Å²) in [5, 5.41) is 11.5. The van der Waals surface area contributed by atoms with Gasteiger partial charge >= 0.3 is 0 Å². The van der Waals surface area contributed by atoms with Crippen LogP contribution in [0.5, 0.6) is 5.75 Å². The van der Waals surface area contributed by atoms with E-state index >= 15 is 0 Å². The van der Waals surface area contributed by atoms with Gasteiger partial charge in [-0.3, -0.25) is 9.48 Å². The fourth-order valence-electron chi connectivity index (χ4n) is 3.65. The number of aryl methyl sites for hydroxylation is 1. The van der Waals surface area contributed by atoms with E-state index in [1.165, 1.54) is 0 Å². The summed E-state index contributed by atoms with van der Waals surface area (Å²) in [5.41, 5.74) is 2.91. The summed E-state index contributed by atoms with van der Waals surface area (Å²) < 4.78 is 12.9. The van der Waals surface area contributed by atoms with Gasteiger partial charge in [-0.25, -0.2) is 0 Å². The average Bonchev–Trinajstić information content (AvgIpc) is 3.24. The third-order valence-corrected chi connectivity index (χ3v) is 5.36. The first-order valence-corrected chi connectivity index (χ1v) is 10.2. The van der Waals surface area contributed by atoms with E-state index in [0.717, 1.165) is 22.6 Å². The van der Waals surface area contributed by atoms with Crippen molar-refractivity contribution >= 4 is 5.91 Å². The lowest BCUT2D eigenvalue weighted by atomic mass is 9.94. The van der Waals surface area contributed by atoms with Crippen LogP contribution in [0.2, 0.25) is 0 Å². The lowest BCUT2D eigenvalue weighted by molar-refractivity contribution is -0.126. The second-order valence-corrected chi connectivity index (χ2v) is 7.50. The Morgan fingerprint density at radius 1 is 1.17 bits per heavy atom. The van der Waals surface area contributed by atoms with Crippen LogP contribution in [-0.4, -0.2) is 34.6 Å². The van der Waals surface area contributed by atoms with E-state index in [4.69, 9.17) is 9.47 Å². The Balaban J connectivity index is 1.57. The number of benzene rings is 2. The van der Waals surface area contributed by atoms with Gasteiger partial charge in [0, 0.05) is 12.5 Å². The first-order chi connectivity index (χ1) is 14.7. The summed E-state index contributed by atoms with van der Waals surface area (Å²) in [4.78, 5) is 13.3. The van der Waals surface area contributed by atoms with Gasteiger partial charge in [0.15, 0.2) is 0 Å². The number of methoxy groups -OCH3 is 1. The quantitative estimate of drug-likeness (QED) is 0.721. The van der Waals surface area contributed by atoms with Gasteiger partial charge in [0.25, 0.3) is 0 Å². The van der Waals surface area contributed by atoms with E-state index in [9.17, 15) is 4.79 Å². The fraction of sp³-hybridized carbons (Fsp3) is 0.348. The standard InChI is InChI=1S/C23H26N4O3/c1-29-21-9-7-17(8-10-21)13-19-11-12-27-14-20(25-26-27)15-30-16-22(24-23(19)28)18-5-3-2-4-6-18/h2-10,14,19,22H,11-13,15-16H2,1H3,(H,24,28)/t19-,22+/m1/s1. The largest absolute Gasteiger partial charge is 0.497 e. The fourth-order valence-corrected chi connectivity index (χ4v) is 3.65. The molecular formula is C23H26N4O3. The molecule has 1 aliphatic rings. The summed E-state index contributed by atoms with van der Waals surface area (Å²) in [5.74, 6) is 0.624. The zero-order chi connectivity index (χ0) is 20.8. The average molecular weight is 406 g/mol. The minimum atomic E-state index is -0.216. The predicted molar refractivity (Wildman–Crippen MR) is 112 cm³/mol. The van der Waals surface area contributed by atoms with E-state index < -0.39 is 0 Å². The third-order valence-electron chi connectivity index (χ3n) is 5.36. The van der Waals surface area contributed by atoms with Gasteiger partial charge in [-0.05, 0) is 36.1 Å². The summed E-state index contributed by atoms with van der Waals surface area (Å²) in [6.45, 7) is 1.36. The van der Waals surface area contributed by atoms with Gasteiger partial charge in [-0.1, -0.05) is 47.7 Å². The van der Waals surface area contributed by atoms with Crippen molar-refractivity contribution in [2.45, 2.75) is 32.0 Å². The Bertz CT molecular complexity index is 956. The molecule has 1 amide bonds. The molecule has 1 N–H and O–H groups in total. The van der Waals surface area contributed by atoms with Crippen LogP contribution < -0.4 is 10.1 Å². The SMILES string of the molecule is COc1ccc(C[C@H]2CCn3cc(nn3)COC[C@@H](c3ccccc3)NC2=O)cc1. The number of hydrogen-bond donors (Lipinski definition) is 1. The number of ether oxygens (including phenoxy) is 2. The molecule has 2 atom stereocenters. The van der Waals surface area contributed by atoms with E-state index in [0.29, 0.717) is 32.6 Å². The van der Waals surface area contributed by atoms with Crippen molar-refractivity contribution in [2.75, 3.05) is 13.7 Å². The van der Waals surface area contributed by atoms with Crippen molar-refractivity contribution in [1.29, 1.82) is 0 Å². The summed E-state index contributed by atoms with van der Waals surface area (Å²) in [6, 6.07) is 17.6. The van der Waals surface area contributed by atoms with Crippen LogP contribution in [0.4, 0.5) is 0 Å². The van der Waals surface area contributed by atoms with Crippen LogP contribution in [0.1, 0.15) is 29.3 Å². The zero-order valence-corrected chi connectivity index (χ0v) is 17.0. The lowest BCUT2D eigenvalue weighted by Crippen LogP contribution is -2.37. The molecule has 156 valence electrons. The van der Waals surface area contributed by atoms with Gasteiger partial charge in [-0.2, -0.15) is 0 Å². The first kappa shape index (κ1) is 20.1. The van der Waals surface area contributed by atoms with E-state index in [-0.39, 0.29) is 17.9 Å². The molecular weight excluding hydrogens is 380 g/mol. The highest BCUT2D eigenvalue weighted by molar-refractivity contribution is 5.79. The maximum absolute atomic E-state index is 13.3. The van der Waals surface area contributed by atoms with Crippen molar-refractivity contribution in [1.82, 2.24) is 20.3 Å². The molecule has 2 bridgehead atoms. The van der Waals surface area contributed by atoms with Gasteiger partial charge in [0.2, 0.25) is 5.91 Å². The Hall–Kier alpha value is -3.19. The smallest absolute Gasteiger partial charge is 0.224 e. The monoisotopic (exact) mass is 406 g/mol. The van der Waals surface area contributed by atoms with Crippen molar-refractivity contribution in [3.05, 3.63) is 77.6 Å². The Kier molecular flexibility index (Phi) is 6.39. The molecule has 7 nitrogen and oxygen atoms in total. The molecule has 0 aliphatic carbocycles. The lowest BCUT2D eigenvalue weighted by Gasteiger charge is -2.24. The molecule has 2 heterocycles. The van der Waals surface area contributed by atoms with E-state index in [1.54, 1.807) is 11.8 Å². The number of carbonyl (C=O) groups excluding carboxylic acids is 1. The van der Waals surface area contributed by atoms with Gasteiger partial charge in [0.05, 0.1) is 32.6 Å². The normalized spacial score (nSPS) is 20.0.